The summed E-state index contributed by atoms with van der Waals surface area (Å²) in [5.41, 5.74) is 7.12. The smallest absolute Gasteiger partial charge is 0.256 e. The van der Waals surface area contributed by atoms with E-state index in [1.54, 1.807) is 0 Å². The van der Waals surface area contributed by atoms with Crippen molar-refractivity contribution >= 4 is 0 Å². The van der Waals surface area contributed by atoms with Crippen LogP contribution in [-0.2, 0) is 6.42 Å². The van der Waals surface area contributed by atoms with Crippen LogP contribution in [0.5, 0.6) is 0 Å². The Labute approximate surface area is 112 Å². The largest absolute Gasteiger partial charge is 0.320 e. The molecule has 3 heteroatoms. The SMILES string of the molecule is CC(N)(Cc1ccc(-c2ccccc2)cc1)C(F)F. The molecule has 2 rings (SSSR count). The summed E-state index contributed by atoms with van der Waals surface area (Å²) in [6.07, 6.45) is -2.36. The number of benzene rings is 2. The Morgan fingerprint density at radius 1 is 0.947 bits per heavy atom. The van der Waals surface area contributed by atoms with Crippen LogP contribution in [0, 0.1) is 0 Å². The van der Waals surface area contributed by atoms with E-state index in [-0.39, 0.29) is 6.42 Å². The Bertz CT molecular complexity index is 518. The summed E-state index contributed by atoms with van der Waals surface area (Å²) in [4.78, 5) is 0. The Hall–Kier alpha value is -1.74. The van der Waals surface area contributed by atoms with Crippen LogP contribution in [0.4, 0.5) is 8.78 Å². The van der Waals surface area contributed by atoms with Gasteiger partial charge in [0.05, 0.1) is 5.54 Å². The fourth-order valence-corrected chi connectivity index (χ4v) is 1.96. The van der Waals surface area contributed by atoms with E-state index in [2.05, 4.69) is 0 Å². The van der Waals surface area contributed by atoms with Crippen molar-refractivity contribution in [3.8, 4) is 11.1 Å². The van der Waals surface area contributed by atoms with E-state index in [1.165, 1.54) is 6.92 Å². The van der Waals surface area contributed by atoms with Crippen molar-refractivity contribution < 1.29 is 8.78 Å². The van der Waals surface area contributed by atoms with Crippen molar-refractivity contribution in [2.24, 2.45) is 5.73 Å². The standard InChI is InChI=1S/C16H17F2N/c1-16(19,15(17)18)11-12-7-9-14(10-8-12)13-5-3-2-4-6-13/h2-10,15H,11,19H2,1H3. The maximum absolute atomic E-state index is 12.7. The lowest BCUT2D eigenvalue weighted by Crippen LogP contribution is -2.45. The molecule has 1 atom stereocenters. The monoisotopic (exact) mass is 261 g/mol. The van der Waals surface area contributed by atoms with E-state index in [4.69, 9.17) is 5.73 Å². The van der Waals surface area contributed by atoms with E-state index in [1.807, 2.05) is 54.6 Å². The summed E-state index contributed by atoms with van der Waals surface area (Å²) < 4.78 is 25.4. The first-order valence-electron chi connectivity index (χ1n) is 6.20. The van der Waals surface area contributed by atoms with Gasteiger partial charge in [0.25, 0.3) is 6.43 Å². The Balaban J connectivity index is 2.16. The average molecular weight is 261 g/mol. The first-order chi connectivity index (χ1) is 8.99. The molecule has 0 bridgehead atoms. The zero-order chi connectivity index (χ0) is 13.9. The maximum atomic E-state index is 12.7. The molecule has 0 spiro atoms. The molecule has 0 aromatic heterocycles. The Kier molecular flexibility index (Phi) is 3.96. The summed E-state index contributed by atoms with van der Waals surface area (Å²) in [6.45, 7) is 1.38. The van der Waals surface area contributed by atoms with Gasteiger partial charge in [-0.15, -0.1) is 0 Å². The van der Waals surface area contributed by atoms with Gasteiger partial charge in [0.1, 0.15) is 0 Å². The first-order valence-corrected chi connectivity index (χ1v) is 6.20. The van der Waals surface area contributed by atoms with Gasteiger partial charge in [-0.3, -0.25) is 0 Å². The lowest BCUT2D eigenvalue weighted by atomic mass is 9.93. The van der Waals surface area contributed by atoms with Crippen molar-refractivity contribution in [3.05, 3.63) is 60.2 Å². The number of alkyl halides is 2. The second-order valence-corrected chi connectivity index (χ2v) is 5.05. The van der Waals surface area contributed by atoms with E-state index < -0.39 is 12.0 Å². The number of halogens is 2. The van der Waals surface area contributed by atoms with E-state index in [0.717, 1.165) is 16.7 Å². The molecule has 0 aliphatic heterocycles. The summed E-state index contributed by atoms with van der Waals surface area (Å²) >= 11 is 0. The van der Waals surface area contributed by atoms with Crippen LogP contribution >= 0.6 is 0 Å². The molecule has 100 valence electrons. The van der Waals surface area contributed by atoms with Crippen LogP contribution in [0.1, 0.15) is 12.5 Å². The van der Waals surface area contributed by atoms with Gasteiger partial charge in [0.2, 0.25) is 0 Å². The summed E-state index contributed by atoms with van der Waals surface area (Å²) in [7, 11) is 0. The van der Waals surface area contributed by atoms with E-state index >= 15 is 0 Å². The minimum Gasteiger partial charge on any atom is -0.320 e. The third-order valence-corrected chi connectivity index (χ3v) is 3.14. The fraction of sp³-hybridized carbons (Fsp3) is 0.250. The number of hydrogen-bond donors (Lipinski definition) is 1. The third-order valence-electron chi connectivity index (χ3n) is 3.14. The van der Waals surface area contributed by atoms with Crippen LogP contribution in [0.3, 0.4) is 0 Å². The van der Waals surface area contributed by atoms with Crippen molar-refractivity contribution in [1.29, 1.82) is 0 Å². The molecular formula is C16H17F2N. The van der Waals surface area contributed by atoms with E-state index in [9.17, 15) is 8.78 Å². The molecule has 1 unspecified atom stereocenters. The number of nitrogens with two attached hydrogens (primary N) is 1. The van der Waals surface area contributed by atoms with Gasteiger partial charge < -0.3 is 5.73 Å². The molecule has 19 heavy (non-hydrogen) atoms. The third kappa shape index (κ3) is 3.38. The molecule has 0 aliphatic carbocycles. The van der Waals surface area contributed by atoms with Gasteiger partial charge in [-0.1, -0.05) is 54.6 Å². The summed E-state index contributed by atoms with van der Waals surface area (Å²) in [5, 5.41) is 0. The van der Waals surface area contributed by atoms with Gasteiger partial charge in [-0.05, 0) is 30.0 Å². The molecule has 0 saturated carbocycles. The molecule has 2 aromatic carbocycles. The predicted octanol–water partition coefficient (Wildman–Crippen LogP) is 3.88. The van der Waals surface area contributed by atoms with Gasteiger partial charge in [-0.2, -0.15) is 0 Å². The topological polar surface area (TPSA) is 26.0 Å². The van der Waals surface area contributed by atoms with Crippen LogP contribution in [-0.4, -0.2) is 12.0 Å². The van der Waals surface area contributed by atoms with Crippen molar-refractivity contribution in [2.75, 3.05) is 0 Å². The van der Waals surface area contributed by atoms with Gasteiger partial charge in [-0.25, -0.2) is 8.78 Å². The molecule has 1 nitrogen and oxygen atoms in total. The van der Waals surface area contributed by atoms with Crippen LogP contribution in [0.25, 0.3) is 11.1 Å². The van der Waals surface area contributed by atoms with Crippen LogP contribution in [0.15, 0.2) is 54.6 Å². The second-order valence-electron chi connectivity index (χ2n) is 5.05. The van der Waals surface area contributed by atoms with Crippen LogP contribution < -0.4 is 5.73 Å². The molecule has 0 saturated heterocycles. The lowest BCUT2D eigenvalue weighted by Gasteiger charge is -2.23. The lowest BCUT2D eigenvalue weighted by molar-refractivity contribution is 0.0639. The van der Waals surface area contributed by atoms with Gasteiger partial charge in [0, 0.05) is 0 Å². The van der Waals surface area contributed by atoms with Gasteiger partial charge in [0.15, 0.2) is 0 Å². The summed E-state index contributed by atoms with van der Waals surface area (Å²) in [5.74, 6) is 0. The molecule has 2 aromatic rings. The first kappa shape index (κ1) is 13.7. The molecule has 0 amide bonds. The number of hydrogen-bond acceptors (Lipinski definition) is 1. The average Bonchev–Trinajstić information content (AvgIpc) is 2.40. The molecule has 0 fully saturated rings. The normalized spacial score (nSPS) is 14.4. The highest BCUT2D eigenvalue weighted by molar-refractivity contribution is 5.63. The zero-order valence-corrected chi connectivity index (χ0v) is 10.8. The van der Waals surface area contributed by atoms with Gasteiger partial charge >= 0.3 is 0 Å². The minimum atomic E-state index is -2.53. The molecule has 2 N–H and O–H groups in total. The second kappa shape index (κ2) is 5.49. The highest BCUT2D eigenvalue weighted by atomic mass is 19.3. The van der Waals surface area contributed by atoms with Crippen molar-refractivity contribution in [3.63, 3.8) is 0 Å². The highest BCUT2D eigenvalue weighted by Crippen LogP contribution is 2.22. The quantitative estimate of drug-likeness (QED) is 0.888. The van der Waals surface area contributed by atoms with Crippen LogP contribution in [0.2, 0.25) is 0 Å². The Morgan fingerprint density at radius 2 is 1.47 bits per heavy atom. The predicted molar refractivity (Wildman–Crippen MR) is 74.2 cm³/mol. The minimum absolute atomic E-state index is 0.166. The molecular weight excluding hydrogens is 244 g/mol. The van der Waals surface area contributed by atoms with Crippen molar-refractivity contribution in [2.45, 2.75) is 25.3 Å². The molecule has 0 aliphatic rings. The van der Waals surface area contributed by atoms with E-state index in [0.29, 0.717) is 0 Å². The Morgan fingerprint density at radius 3 is 2.00 bits per heavy atom. The molecule has 0 heterocycles. The fourth-order valence-electron chi connectivity index (χ4n) is 1.96. The highest BCUT2D eigenvalue weighted by Gasteiger charge is 2.30. The molecule has 0 radical (unpaired) electrons. The van der Waals surface area contributed by atoms with Crippen molar-refractivity contribution in [1.82, 2.24) is 0 Å². The number of rotatable bonds is 4. The zero-order valence-electron chi connectivity index (χ0n) is 10.8. The maximum Gasteiger partial charge on any atom is 0.256 e. The summed E-state index contributed by atoms with van der Waals surface area (Å²) in [6, 6.07) is 17.5.